The lowest BCUT2D eigenvalue weighted by Crippen LogP contribution is -2.00. The first-order valence-electron chi connectivity index (χ1n) is 21.8. The van der Waals surface area contributed by atoms with Gasteiger partial charge in [-0.2, -0.15) is 20.4 Å². The minimum Gasteiger partial charge on any atom is -0.399 e. The Balaban J connectivity index is 0.000000170. The highest BCUT2D eigenvalue weighted by molar-refractivity contribution is 5.83. The number of nitrogens with two attached hydrogens (primary N) is 1. The number of nitrogen functional groups attached to an aromatic ring is 1. The van der Waals surface area contributed by atoms with Gasteiger partial charge in [0.25, 0.3) is 5.69 Å². The van der Waals surface area contributed by atoms with Gasteiger partial charge in [0.1, 0.15) is 11.6 Å². The minimum absolute atomic E-state index is 0.0678. The number of nitro benzene ring substituents is 1. The highest BCUT2D eigenvalue weighted by Crippen LogP contribution is 2.27. The van der Waals surface area contributed by atoms with Gasteiger partial charge >= 0.3 is 0 Å². The molecule has 18 nitrogen and oxygen atoms in total. The van der Waals surface area contributed by atoms with Crippen molar-refractivity contribution >= 4 is 56.7 Å². The number of hydrogen-bond donors (Lipinski definition) is 3. The Morgan fingerprint density at radius 2 is 1.00 bits per heavy atom. The predicted molar refractivity (Wildman–Crippen MR) is 262 cm³/mol. The second-order valence-electron chi connectivity index (χ2n) is 16.7. The molecule has 0 aliphatic carbocycles. The molecule has 0 saturated heterocycles. The average Bonchev–Trinajstić information content (AvgIpc) is 4.02. The number of non-ortho nitro benzene ring substituents is 1. The van der Waals surface area contributed by atoms with E-state index in [4.69, 9.17) is 15.7 Å². The summed E-state index contributed by atoms with van der Waals surface area (Å²) in [6.45, 7) is 9.64. The van der Waals surface area contributed by atoms with Gasteiger partial charge in [0.2, 0.25) is 0 Å². The fraction of sp³-hybridized carbons (Fsp3) is 0.160. The van der Waals surface area contributed by atoms with E-state index in [2.05, 4.69) is 78.9 Å². The Kier molecular flexibility index (Phi) is 12.7. The Morgan fingerprint density at radius 1 is 0.544 bits per heavy atom. The summed E-state index contributed by atoms with van der Waals surface area (Å²) < 4.78 is 3.68. The number of pyridine rings is 4. The topological polar surface area (TPSA) is 232 Å². The Bertz CT molecular complexity index is 3370. The van der Waals surface area contributed by atoms with Crippen LogP contribution < -0.4 is 16.4 Å². The van der Waals surface area contributed by atoms with Crippen LogP contribution in [0.3, 0.4) is 0 Å². The van der Waals surface area contributed by atoms with Crippen LogP contribution in [0.1, 0.15) is 61.8 Å². The third-order valence-corrected chi connectivity index (χ3v) is 11.0. The van der Waals surface area contributed by atoms with Crippen LogP contribution in [0.5, 0.6) is 0 Å². The normalized spacial score (nSPS) is 11.2. The maximum Gasteiger partial charge on any atom is 0.269 e. The standard InChI is InChI=1S/C25H22N8O2.C25H24N8/c1-16(2)18-10-25(31-27-12-18)30-24-8-7-22-23(29-24)9-19(11-26-22)20-13-28-32(15-20)14-17-3-5-21(6-4-17)33(34)35;1-16(2)18-10-25(32-28-12-18)31-24-8-7-22-23(30-24)9-19(11-27-22)20-13-29-33(15-20)14-17-3-5-21(26)6-4-17/h3-13,15-16H,14H2,1-2H3,(H,29,30,31);3-13,15-16H,14,26H2,1-2H3,(H,30,31,32). The molecule has 0 unspecified atom stereocenters. The quantitative estimate of drug-likeness (QED) is 0.0555. The molecule has 10 rings (SSSR count). The first-order chi connectivity index (χ1) is 33.0. The van der Waals surface area contributed by atoms with Crippen molar-refractivity contribution in [2.45, 2.75) is 52.6 Å². The maximum absolute atomic E-state index is 10.8. The molecule has 0 saturated carbocycles. The molecule has 8 aromatic heterocycles. The van der Waals surface area contributed by atoms with Gasteiger partial charge in [-0.3, -0.25) is 29.4 Å². The van der Waals surface area contributed by atoms with E-state index in [1.807, 2.05) is 102 Å². The molecule has 10 aromatic rings. The third-order valence-electron chi connectivity index (χ3n) is 11.0. The lowest BCUT2D eigenvalue weighted by molar-refractivity contribution is -0.384. The van der Waals surface area contributed by atoms with Crippen molar-refractivity contribution in [1.29, 1.82) is 0 Å². The fourth-order valence-corrected chi connectivity index (χ4v) is 7.17. The minimum atomic E-state index is -0.409. The third kappa shape index (κ3) is 10.7. The molecule has 0 spiro atoms. The lowest BCUT2D eigenvalue weighted by atomic mass is 10.1. The molecule has 0 bridgehead atoms. The number of hydrogen-bond acceptors (Lipinski definition) is 15. The Morgan fingerprint density at radius 3 is 1.44 bits per heavy atom. The van der Waals surface area contributed by atoms with Crippen LogP contribution in [0, 0.1) is 10.1 Å². The predicted octanol–water partition coefficient (Wildman–Crippen LogP) is 9.89. The summed E-state index contributed by atoms with van der Waals surface area (Å²) in [6.07, 6.45) is 14.7. The molecule has 0 aliphatic rings. The summed E-state index contributed by atoms with van der Waals surface area (Å²) in [7, 11) is 0. The van der Waals surface area contributed by atoms with Crippen molar-refractivity contribution in [3.63, 3.8) is 0 Å². The summed E-state index contributed by atoms with van der Waals surface area (Å²) in [5.74, 6) is 3.37. The summed E-state index contributed by atoms with van der Waals surface area (Å²) in [6, 6.07) is 29.8. The monoisotopic (exact) mass is 902 g/mol. The largest absolute Gasteiger partial charge is 0.399 e. The zero-order chi connectivity index (χ0) is 47.1. The van der Waals surface area contributed by atoms with Crippen molar-refractivity contribution in [1.82, 2.24) is 59.9 Å². The van der Waals surface area contributed by atoms with Gasteiger partial charge in [-0.15, -0.1) is 10.2 Å². The molecule has 0 fully saturated rings. The second kappa shape index (κ2) is 19.6. The highest BCUT2D eigenvalue weighted by atomic mass is 16.6. The SMILES string of the molecule is CC(C)c1cnnc(Nc2ccc3ncc(-c4cnn(Cc5ccc(N)cc5)c4)cc3n2)c1.CC(C)c1cnnc(Nc2ccc3ncc(-c4cnn(Cc5ccc([N+](=O)[O-])cc5)c4)cc3n2)c1. The Labute approximate surface area is 390 Å². The van der Waals surface area contributed by atoms with E-state index in [1.54, 1.807) is 41.6 Å². The van der Waals surface area contributed by atoms with Crippen molar-refractivity contribution in [3.8, 4) is 22.3 Å². The van der Waals surface area contributed by atoms with Gasteiger partial charge < -0.3 is 16.4 Å². The van der Waals surface area contributed by atoms with Gasteiger partial charge in [0, 0.05) is 64.9 Å². The number of anilines is 5. The molecule has 68 heavy (non-hydrogen) atoms. The first-order valence-corrected chi connectivity index (χ1v) is 21.8. The number of aromatic nitrogens is 12. The smallest absolute Gasteiger partial charge is 0.269 e. The van der Waals surface area contributed by atoms with E-state index in [9.17, 15) is 10.1 Å². The van der Waals surface area contributed by atoms with Gasteiger partial charge in [0.05, 0.1) is 64.9 Å². The number of fused-ring (bicyclic) bond motifs is 2. The van der Waals surface area contributed by atoms with E-state index in [0.29, 0.717) is 48.2 Å². The second-order valence-corrected chi connectivity index (χ2v) is 16.7. The van der Waals surface area contributed by atoms with Crippen LogP contribution in [0.25, 0.3) is 44.3 Å². The molecule has 4 N–H and O–H groups in total. The number of benzene rings is 2. The van der Waals surface area contributed by atoms with Crippen molar-refractivity contribution < 1.29 is 4.92 Å². The van der Waals surface area contributed by atoms with Gasteiger partial charge in [-0.25, -0.2) is 9.97 Å². The highest BCUT2D eigenvalue weighted by Gasteiger charge is 2.12. The van der Waals surface area contributed by atoms with Gasteiger partial charge in [-0.1, -0.05) is 52.0 Å². The number of nitrogens with zero attached hydrogens (tertiary/aromatic N) is 13. The molecule has 2 aromatic carbocycles. The van der Waals surface area contributed by atoms with Gasteiger partial charge in [0.15, 0.2) is 11.6 Å². The summed E-state index contributed by atoms with van der Waals surface area (Å²) >= 11 is 0. The van der Waals surface area contributed by atoms with E-state index in [1.165, 1.54) is 12.1 Å². The van der Waals surface area contributed by atoms with Crippen molar-refractivity contribution in [2.75, 3.05) is 16.4 Å². The zero-order valence-corrected chi connectivity index (χ0v) is 37.6. The fourth-order valence-electron chi connectivity index (χ4n) is 7.17. The number of rotatable bonds is 13. The van der Waals surface area contributed by atoms with Crippen molar-refractivity contribution in [2.24, 2.45) is 0 Å². The van der Waals surface area contributed by atoms with E-state index in [0.717, 1.165) is 72.3 Å². The molecule has 0 amide bonds. The molecule has 0 aliphatic heterocycles. The maximum atomic E-state index is 10.8. The zero-order valence-electron chi connectivity index (χ0n) is 37.6. The van der Waals surface area contributed by atoms with Gasteiger partial charge in [-0.05, 0) is 94.8 Å². The lowest BCUT2D eigenvalue weighted by Gasteiger charge is -2.09. The Hall–Kier alpha value is -9.06. The summed E-state index contributed by atoms with van der Waals surface area (Å²) in [5, 5.41) is 42.7. The van der Waals surface area contributed by atoms with Crippen molar-refractivity contribution in [3.05, 3.63) is 179 Å². The van der Waals surface area contributed by atoms with E-state index >= 15 is 0 Å². The summed E-state index contributed by atoms with van der Waals surface area (Å²) in [4.78, 5) is 29.0. The first kappa shape index (κ1) is 44.2. The number of nitrogens with one attached hydrogen (secondary N) is 2. The van der Waals surface area contributed by atoms with Crippen LogP contribution in [-0.2, 0) is 13.1 Å². The van der Waals surface area contributed by atoms with E-state index < -0.39 is 4.92 Å². The average molecular weight is 903 g/mol. The molecular formula is C50H46N16O2. The molecule has 0 radical (unpaired) electrons. The molecule has 0 atom stereocenters. The molecule has 8 heterocycles. The molecule has 338 valence electrons. The molecule has 18 heteroatoms. The number of nitro groups is 1. The summed E-state index contributed by atoms with van der Waals surface area (Å²) in [5.41, 5.74) is 17.7. The van der Waals surface area contributed by atoms with Crippen LogP contribution >= 0.6 is 0 Å². The molecular weight excluding hydrogens is 857 g/mol. The van der Waals surface area contributed by atoms with Crippen LogP contribution in [0.2, 0.25) is 0 Å². The van der Waals surface area contributed by atoms with Crippen LogP contribution in [0.15, 0.2) is 147 Å². The van der Waals surface area contributed by atoms with E-state index in [-0.39, 0.29) is 5.69 Å². The van der Waals surface area contributed by atoms with Crippen LogP contribution in [-0.4, -0.2) is 64.8 Å². The van der Waals surface area contributed by atoms with Crippen LogP contribution in [0.4, 0.5) is 34.6 Å².